The van der Waals surface area contributed by atoms with E-state index in [4.69, 9.17) is 0 Å². The number of carbonyl (C=O) groups is 1. The lowest BCUT2D eigenvalue weighted by atomic mass is 9.68. The van der Waals surface area contributed by atoms with Gasteiger partial charge in [0.15, 0.2) is 0 Å². The molecule has 0 aromatic rings. The first-order valence-corrected chi connectivity index (χ1v) is 7.56. The summed E-state index contributed by atoms with van der Waals surface area (Å²) in [6.45, 7) is 3.62. The van der Waals surface area contributed by atoms with Gasteiger partial charge in [-0.3, -0.25) is 9.69 Å². The fourth-order valence-electron chi connectivity index (χ4n) is 4.95. The fraction of sp³-hybridized carbons (Fsp3) is 0.800. The molecular weight excluding hydrogens is 260 g/mol. The predicted molar refractivity (Wildman–Crippen MR) is 77.3 cm³/mol. The summed E-state index contributed by atoms with van der Waals surface area (Å²) in [5.74, 6) is 1.76. The first-order chi connectivity index (χ1) is 8.84. The van der Waals surface area contributed by atoms with Crippen LogP contribution in [0.5, 0.6) is 0 Å². The molecule has 19 heavy (non-hydrogen) atoms. The molecule has 4 atom stereocenters. The largest absolute Gasteiger partial charge is 0.335 e. The zero-order valence-corrected chi connectivity index (χ0v) is 12.1. The molecule has 4 aliphatic rings. The number of nitrogens with zero attached hydrogens (tertiary/aromatic N) is 2. The van der Waals surface area contributed by atoms with Crippen LogP contribution in [0.2, 0.25) is 0 Å². The van der Waals surface area contributed by atoms with Crippen LogP contribution < -0.4 is 0 Å². The van der Waals surface area contributed by atoms with Crippen molar-refractivity contribution in [1.82, 2.24) is 9.80 Å². The highest BCUT2D eigenvalue weighted by atomic mass is 35.5. The highest BCUT2D eigenvalue weighted by molar-refractivity contribution is 5.88. The van der Waals surface area contributed by atoms with Gasteiger partial charge in [0.05, 0.1) is 0 Å². The Balaban J connectivity index is 0.00000110. The monoisotopic (exact) mass is 282 g/mol. The van der Waals surface area contributed by atoms with Crippen LogP contribution in [0.3, 0.4) is 0 Å². The van der Waals surface area contributed by atoms with Crippen LogP contribution in [0.4, 0.5) is 0 Å². The van der Waals surface area contributed by atoms with Crippen molar-refractivity contribution < 1.29 is 4.79 Å². The van der Waals surface area contributed by atoms with E-state index in [0.29, 0.717) is 6.04 Å². The van der Waals surface area contributed by atoms with E-state index in [1.807, 2.05) is 0 Å². The topological polar surface area (TPSA) is 23.6 Å². The summed E-state index contributed by atoms with van der Waals surface area (Å²) in [6, 6.07) is 1.29. The Labute approximate surface area is 121 Å². The van der Waals surface area contributed by atoms with Gasteiger partial charge < -0.3 is 4.90 Å². The quantitative estimate of drug-likeness (QED) is 0.679. The maximum Gasteiger partial charge on any atom is 0.246 e. The van der Waals surface area contributed by atoms with Crippen molar-refractivity contribution >= 4 is 18.3 Å². The third-order valence-electron chi connectivity index (χ3n) is 5.59. The summed E-state index contributed by atoms with van der Waals surface area (Å²) in [5, 5.41) is 0. The molecule has 3 fully saturated rings. The Morgan fingerprint density at radius 2 is 1.95 bits per heavy atom. The van der Waals surface area contributed by atoms with E-state index in [9.17, 15) is 4.79 Å². The SMILES string of the molecule is Cl.O=C1C=CC[C@H]2[C@@H]3CCCN4CCC[C@H](CN12)[C@H]34. The molecule has 0 aromatic heterocycles. The van der Waals surface area contributed by atoms with Gasteiger partial charge in [0, 0.05) is 18.6 Å². The second-order valence-corrected chi connectivity index (χ2v) is 6.43. The standard InChI is InChI=1S/C15H22N2O.ClH/c18-14-7-1-6-13-12-5-3-9-16-8-2-4-11(15(12)16)10-17(13)14;/h1,7,11-13,15H,2-6,8-10H2;1H/t11-,12+,13+,15-;/m1./s1. The molecule has 3 nitrogen and oxygen atoms in total. The van der Waals surface area contributed by atoms with Crippen LogP contribution in [-0.4, -0.2) is 47.4 Å². The smallest absolute Gasteiger partial charge is 0.246 e. The Bertz CT molecular complexity index is 396. The summed E-state index contributed by atoms with van der Waals surface area (Å²) >= 11 is 0. The third kappa shape index (κ3) is 2.02. The van der Waals surface area contributed by atoms with Gasteiger partial charge in [0.2, 0.25) is 5.91 Å². The van der Waals surface area contributed by atoms with Crippen molar-refractivity contribution in [2.45, 2.75) is 44.2 Å². The second kappa shape index (κ2) is 5.10. The van der Waals surface area contributed by atoms with Crippen LogP contribution in [0.25, 0.3) is 0 Å². The number of piperidine rings is 3. The van der Waals surface area contributed by atoms with Gasteiger partial charge in [0.25, 0.3) is 0 Å². The minimum absolute atomic E-state index is 0. The average molecular weight is 283 g/mol. The van der Waals surface area contributed by atoms with Crippen molar-refractivity contribution in [3.8, 4) is 0 Å². The fourth-order valence-corrected chi connectivity index (χ4v) is 4.95. The maximum atomic E-state index is 12.1. The molecule has 106 valence electrons. The second-order valence-electron chi connectivity index (χ2n) is 6.43. The molecule has 0 bridgehead atoms. The van der Waals surface area contributed by atoms with Crippen LogP contribution >= 0.6 is 12.4 Å². The van der Waals surface area contributed by atoms with Crippen molar-refractivity contribution in [2.24, 2.45) is 11.8 Å². The summed E-state index contributed by atoms with van der Waals surface area (Å²) in [4.78, 5) is 17.0. The molecular formula is C15H23ClN2O. The minimum atomic E-state index is 0. The van der Waals surface area contributed by atoms with Gasteiger partial charge in [-0.2, -0.15) is 0 Å². The number of rotatable bonds is 0. The van der Waals surface area contributed by atoms with Gasteiger partial charge in [0.1, 0.15) is 0 Å². The number of hydrogen-bond donors (Lipinski definition) is 0. The van der Waals surface area contributed by atoms with Crippen LogP contribution in [0.1, 0.15) is 32.1 Å². The summed E-state index contributed by atoms with van der Waals surface area (Å²) < 4.78 is 0. The van der Waals surface area contributed by atoms with Gasteiger partial charge in [-0.15, -0.1) is 12.4 Å². The number of hydrogen-bond acceptors (Lipinski definition) is 2. The molecule has 1 amide bonds. The Morgan fingerprint density at radius 1 is 1.16 bits per heavy atom. The van der Waals surface area contributed by atoms with E-state index in [-0.39, 0.29) is 18.3 Å². The number of carbonyl (C=O) groups excluding carboxylic acids is 1. The van der Waals surface area contributed by atoms with Crippen LogP contribution in [0.15, 0.2) is 12.2 Å². The lowest BCUT2D eigenvalue weighted by Gasteiger charge is -2.57. The first kappa shape index (κ1) is 13.4. The third-order valence-corrected chi connectivity index (χ3v) is 5.59. The molecule has 0 N–H and O–H groups in total. The zero-order chi connectivity index (χ0) is 12.1. The lowest BCUT2D eigenvalue weighted by molar-refractivity contribution is -0.141. The van der Waals surface area contributed by atoms with Crippen LogP contribution in [-0.2, 0) is 4.79 Å². The molecule has 0 spiro atoms. The molecule has 4 aliphatic heterocycles. The van der Waals surface area contributed by atoms with Gasteiger partial charge in [-0.05, 0) is 63.1 Å². The molecule has 4 heterocycles. The molecule has 0 saturated carbocycles. The molecule has 0 aliphatic carbocycles. The first-order valence-electron chi connectivity index (χ1n) is 7.56. The Morgan fingerprint density at radius 3 is 2.79 bits per heavy atom. The van der Waals surface area contributed by atoms with Crippen molar-refractivity contribution in [2.75, 3.05) is 19.6 Å². The molecule has 0 aromatic carbocycles. The van der Waals surface area contributed by atoms with Gasteiger partial charge >= 0.3 is 0 Å². The highest BCUT2D eigenvalue weighted by Gasteiger charge is 2.49. The van der Waals surface area contributed by atoms with Crippen molar-refractivity contribution in [3.05, 3.63) is 12.2 Å². The van der Waals surface area contributed by atoms with E-state index in [0.717, 1.165) is 30.8 Å². The van der Waals surface area contributed by atoms with E-state index in [1.165, 1.54) is 38.8 Å². The number of amides is 1. The molecule has 4 rings (SSSR count). The summed E-state index contributed by atoms with van der Waals surface area (Å²) in [6.07, 6.45) is 10.3. The van der Waals surface area contributed by atoms with Crippen LogP contribution in [0, 0.1) is 11.8 Å². The Kier molecular flexibility index (Phi) is 3.61. The Hall–Kier alpha value is -0.540. The summed E-state index contributed by atoms with van der Waals surface area (Å²) in [5.41, 5.74) is 0. The zero-order valence-electron chi connectivity index (χ0n) is 11.3. The number of fused-ring (bicyclic) bond motifs is 2. The molecule has 0 radical (unpaired) electrons. The molecule has 4 heteroatoms. The van der Waals surface area contributed by atoms with Crippen molar-refractivity contribution in [1.29, 1.82) is 0 Å². The van der Waals surface area contributed by atoms with E-state index in [2.05, 4.69) is 15.9 Å². The lowest BCUT2D eigenvalue weighted by Crippen LogP contribution is -2.65. The van der Waals surface area contributed by atoms with E-state index < -0.39 is 0 Å². The highest BCUT2D eigenvalue weighted by Crippen LogP contribution is 2.43. The van der Waals surface area contributed by atoms with Crippen molar-refractivity contribution in [3.63, 3.8) is 0 Å². The molecule has 3 saturated heterocycles. The normalized spacial score (nSPS) is 41.3. The maximum absolute atomic E-state index is 12.1. The van der Waals surface area contributed by atoms with Gasteiger partial charge in [-0.25, -0.2) is 0 Å². The molecule has 0 unspecified atom stereocenters. The predicted octanol–water partition coefficient (Wildman–Crippen LogP) is 2.07. The van der Waals surface area contributed by atoms with E-state index >= 15 is 0 Å². The minimum Gasteiger partial charge on any atom is -0.335 e. The van der Waals surface area contributed by atoms with E-state index in [1.54, 1.807) is 6.08 Å². The average Bonchev–Trinajstić information content (AvgIpc) is 2.41. The van der Waals surface area contributed by atoms with Gasteiger partial charge in [-0.1, -0.05) is 6.08 Å². The number of halogens is 1. The summed E-state index contributed by atoms with van der Waals surface area (Å²) in [7, 11) is 0.